The molecule has 0 aromatic heterocycles. The molecule has 0 aromatic rings. The fourth-order valence-corrected chi connectivity index (χ4v) is 0.657. The Hall–Kier alpha value is -0.780. The minimum absolute atomic E-state index is 1.08. The van der Waals surface area contributed by atoms with Crippen LogP contribution in [0.1, 0.15) is 20.3 Å². The lowest BCUT2D eigenvalue weighted by atomic mass is 10.2. The first-order valence-electron chi connectivity index (χ1n) is 3.29. The van der Waals surface area contributed by atoms with E-state index < -0.39 is 0 Å². The van der Waals surface area contributed by atoms with Crippen LogP contribution in [0.15, 0.2) is 36.5 Å². The van der Waals surface area contributed by atoms with Crippen molar-refractivity contribution in [1.29, 1.82) is 0 Å². The number of allylic oxidation sites excluding steroid dienone is 5. The maximum Gasteiger partial charge on any atom is -0.0308 e. The Balaban J connectivity index is 3.96. The van der Waals surface area contributed by atoms with Crippen LogP contribution in [-0.4, -0.2) is 0 Å². The number of hydrogen-bond acceptors (Lipinski definition) is 0. The van der Waals surface area contributed by atoms with Crippen LogP contribution in [0.5, 0.6) is 0 Å². The first-order valence-corrected chi connectivity index (χ1v) is 3.29. The summed E-state index contributed by atoms with van der Waals surface area (Å²) in [5, 5.41) is 0. The topological polar surface area (TPSA) is 0 Å². The van der Waals surface area contributed by atoms with E-state index in [0.29, 0.717) is 0 Å². The highest BCUT2D eigenvalue weighted by Crippen LogP contribution is 2.01. The van der Waals surface area contributed by atoms with Gasteiger partial charge in [-0.2, -0.15) is 0 Å². The van der Waals surface area contributed by atoms with Gasteiger partial charge in [-0.15, -0.1) is 0 Å². The van der Waals surface area contributed by atoms with E-state index in [9.17, 15) is 0 Å². The van der Waals surface area contributed by atoms with Gasteiger partial charge in [0.1, 0.15) is 0 Å². The summed E-state index contributed by atoms with van der Waals surface area (Å²) in [4.78, 5) is 0. The van der Waals surface area contributed by atoms with Gasteiger partial charge in [-0.05, 0) is 18.9 Å². The lowest BCUT2D eigenvalue weighted by molar-refractivity contribution is 1.15. The molecular formula is C9H14. The molecule has 0 spiro atoms. The summed E-state index contributed by atoms with van der Waals surface area (Å²) in [6, 6.07) is 0. The lowest BCUT2D eigenvalue weighted by Gasteiger charge is -1.90. The van der Waals surface area contributed by atoms with Gasteiger partial charge in [0.2, 0.25) is 0 Å². The molecule has 0 N–H and O–H groups in total. The van der Waals surface area contributed by atoms with E-state index >= 15 is 0 Å². The van der Waals surface area contributed by atoms with E-state index in [1.807, 2.05) is 25.2 Å². The molecule has 50 valence electrons. The molecule has 0 atom stereocenters. The maximum absolute atomic E-state index is 3.62. The van der Waals surface area contributed by atoms with Gasteiger partial charge in [0.25, 0.3) is 0 Å². The molecule has 0 amide bonds. The molecule has 0 saturated heterocycles. The van der Waals surface area contributed by atoms with E-state index in [2.05, 4.69) is 19.6 Å². The quantitative estimate of drug-likeness (QED) is 0.504. The van der Waals surface area contributed by atoms with Crippen molar-refractivity contribution in [3.8, 4) is 0 Å². The molecule has 0 aromatic carbocycles. The van der Waals surface area contributed by atoms with Crippen LogP contribution in [0.3, 0.4) is 0 Å². The second-order valence-electron chi connectivity index (χ2n) is 1.83. The largest absolute Gasteiger partial charge is 0.0991 e. The molecule has 9 heavy (non-hydrogen) atoms. The van der Waals surface area contributed by atoms with Crippen molar-refractivity contribution < 1.29 is 0 Å². The fourth-order valence-electron chi connectivity index (χ4n) is 0.657. The predicted octanol–water partition coefficient (Wildman–Crippen LogP) is 3.08. The van der Waals surface area contributed by atoms with Crippen molar-refractivity contribution >= 4 is 0 Å². The highest BCUT2D eigenvalue weighted by Gasteiger charge is 1.80. The van der Waals surface area contributed by atoms with Crippen molar-refractivity contribution in [1.82, 2.24) is 0 Å². The van der Waals surface area contributed by atoms with Gasteiger partial charge >= 0.3 is 0 Å². The van der Waals surface area contributed by atoms with Crippen LogP contribution >= 0.6 is 0 Å². The highest BCUT2D eigenvalue weighted by molar-refractivity contribution is 5.21. The zero-order valence-corrected chi connectivity index (χ0v) is 6.22. The second kappa shape index (κ2) is 5.36. The molecule has 0 bridgehead atoms. The summed E-state index contributed by atoms with van der Waals surface area (Å²) in [6.07, 6.45) is 9.07. The molecular weight excluding hydrogens is 108 g/mol. The van der Waals surface area contributed by atoms with Crippen LogP contribution in [0.2, 0.25) is 0 Å². The fraction of sp³-hybridized carbons (Fsp3) is 0.333. The van der Waals surface area contributed by atoms with Gasteiger partial charge in [0, 0.05) is 0 Å². The summed E-state index contributed by atoms with van der Waals surface area (Å²) >= 11 is 0. The standard InChI is InChI=1S/C9H14/c1-4-7-9(6-3)8-5-2/h4-5,7-8H,1,6H2,2-3H3. The summed E-state index contributed by atoms with van der Waals surface area (Å²) in [5.41, 5.74) is 1.33. The number of hydrogen-bond donors (Lipinski definition) is 0. The molecule has 0 aliphatic carbocycles. The molecule has 0 radical (unpaired) electrons. The summed E-state index contributed by atoms with van der Waals surface area (Å²) in [7, 11) is 0. The molecule has 0 fully saturated rings. The third-order valence-corrected chi connectivity index (χ3v) is 1.12. The zero-order valence-electron chi connectivity index (χ0n) is 6.22. The van der Waals surface area contributed by atoms with Crippen molar-refractivity contribution in [2.24, 2.45) is 0 Å². The van der Waals surface area contributed by atoms with Gasteiger partial charge in [0.05, 0.1) is 0 Å². The molecule has 0 unspecified atom stereocenters. The van der Waals surface area contributed by atoms with E-state index in [0.717, 1.165) is 6.42 Å². The van der Waals surface area contributed by atoms with E-state index in [-0.39, 0.29) is 0 Å². The molecule has 0 aliphatic rings. The minimum Gasteiger partial charge on any atom is -0.0991 e. The van der Waals surface area contributed by atoms with Gasteiger partial charge < -0.3 is 0 Å². The van der Waals surface area contributed by atoms with Crippen LogP contribution in [-0.2, 0) is 0 Å². The van der Waals surface area contributed by atoms with Crippen molar-refractivity contribution in [3.05, 3.63) is 36.5 Å². The van der Waals surface area contributed by atoms with Gasteiger partial charge in [-0.1, -0.05) is 37.8 Å². The molecule has 0 rings (SSSR count). The zero-order chi connectivity index (χ0) is 7.11. The lowest BCUT2D eigenvalue weighted by Crippen LogP contribution is -1.70. The Kier molecular flexibility index (Phi) is 4.89. The van der Waals surface area contributed by atoms with E-state index in [1.165, 1.54) is 5.57 Å². The Morgan fingerprint density at radius 2 is 2.22 bits per heavy atom. The van der Waals surface area contributed by atoms with E-state index in [4.69, 9.17) is 0 Å². The first-order chi connectivity index (χ1) is 4.35. The van der Waals surface area contributed by atoms with Gasteiger partial charge in [0.15, 0.2) is 0 Å². The monoisotopic (exact) mass is 122 g/mol. The second-order valence-corrected chi connectivity index (χ2v) is 1.83. The smallest absolute Gasteiger partial charge is 0.0308 e. The average Bonchev–Trinajstić information content (AvgIpc) is 1.88. The molecule has 0 saturated carbocycles. The van der Waals surface area contributed by atoms with Crippen molar-refractivity contribution in [2.75, 3.05) is 0 Å². The first kappa shape index (κ1) is 8.22. The molecule has 0 heteroatoms. The third-order valence-electron chi connectivity index (χ3n) is 1.12. The Morgan fingerprint density at radius 3 is 2.56 bits per heavy atom. The Morgan fingerprint density at radius 1 is 1.56 bits per heavy atom. The van der Waals surface area contributed by atoms with Crippen molar-refractivity contribution in [3.63, 3.8) is 0 Å². The summed E-state index contributed by atoms with van der Waals surface area (Å²) in [5.74, 6) is 0. The molecule has 0 nitrogen and oxygen atoms in total. The minimum atomic E-state index is 1.08. The summed E-state index contributed by atoms with van der Waals surface area (Å²) < 4.78 is 0. The average molecular weight is 122 g/mol. The van der Waals surface area contributed by atoms with Gasteiger partial charge in [-0.3, -0.25) is 0 Å². The van der Waals surface area contributed by atoms with Crippen molar-refractivity contribution in [2.45, 2.75) is 20.3 Å². The highest BCUT2D eigenvalue weighted by atomic mass is 13.9. The Bertz CT molecular complexity index is 127. The SMILES string of the molecule is C=CC=C(C=CC)CC. The van der Waals surface area contributed by atoms with Crippen LogP contribution < -0.4 is 0 Å². The maximum atomic E-state index is 3.62. The normalized spacial score (nSPS) is 12.4. The molecule has 0 heterocycles. The third kappa shape index (κ3) is 3.77. The Labute approximate surface area is 57.6 Å². The van der Waals surface area contributed by atoms with Crippen LogP contribution in [0.25, 0.3) is 0 Å². The van der Waals surface area contributed by atoms with Crippen LogP contribution in [0, 0.1) is 0 Å². The predicted molar refractivity (Wildman–Crippen MR) is 43.4 cm³/mol. The molecule has 0 aliphatic heterocycles. The van der Waals surface area contributed by atoms with E-state index in [1.54, 1.807) is 0 Å². The van der Waals surface area contributed by atoms with Crippen LogP contribution in [0.4, 0.5) is 0 Å². The number of rotatable bonds is 3. The summed E-state index contributed by atoms with van der Waals surface area (Å²) in [6.45, 7) is 7.78. The van der Waals surface area contributed by atoms with Gasteiger partial charge in [-0.25, -0.2) is 0 Å².